The average molecular weight is 389 g/mol. The SMILES string of the molecule is Cc1cc2c(Nc3cc(Cl)ccc3Br)nc(Cl)nc2s1. The lowest BCUT2D eigenvalue weighted by Crippen LogP contribution is -1.96. The van der Waals surface area contributed by atoms with Crippen molar-refractivity contribution in [3.63, 3.8) is 0 Å². The van der Waals surface area contributed by atoms with E-state index in [-0.39, 0.29) is 5.28 Å². The number of aryl methyl sites for hydroxylation is 1. The van der Waals surface area contributed by atoms with Crippen molar-refractivity contribution in [2.24, 2.45) is 0 Å². The molecule has 102 valence electrons. The molecule has 20 heavy (non-hydrogen) atoms. The Labute approximate surface area is 138 Å². The Bertz CT molecular complexity index is 804. The highest BCUT2D eigenvalue weighted by molar-refractivity contribution is 9.10. The number of hydrogen-bond donors (Lipinski definition) is 1. The molecular formula is C13H8BrCl2N3S. The Kier molecular flexibility index (Phi) is 3.86. The predicted octanol–water partition coefficient (Wildman–Crippen LogP) is 5.81. The molecule has 1 aromatic carbocycles. The van der Waals surface area contributed by atoms with Crippen LogP contribution in [-0.4, -0.2) is 9.97 Å². The van der Waals surface area contributed by atoms with Gasteiger partial charge in [0.2, 0.25) is 5.28 Å². The second-order valence-electron chi connectivity index (χ2n) is 4.17. The Balaban J connectivity index is 2.12. The lowest BCUT2D eigenvalue weighted by Gasteiger charge is -2.09. The highest BCUT2D eigenvalue weighted by atomic mass is 79.9. The van der Waals surface area contributed by atoms with E-state index in [1.807, 2.05) is 31.2 Å². The van der Waals surface area contributed by atoms with Crippen LogP contribution in [0.3, 0.4) is 0 Å². The van der Waals surface area contributed by atoms with Crippen LogP contribution in [0.5, 0.6) is 0 Å². The highest BCUT2D eigenvalue weighted by Gasteiger charge is 2.11. The van der Waals surface area contributed by atoms with Crippen molar-refractivity contribution in [3.8, 4) is 0 Å². The number of anilines is 2. The third kappa shape index (κ3) is 2.76. The topological polar surface area (TPSA) is 37.8 Å². The van der Waals surface area contributed by atoms with Crippen LogP contribution in [0.1, 0.15) is 4.88 Å². The summed E-state index contributed by atoms with van der Waals surface area (Å²) in [7, 11) is 0. The van der Waals surface area contributed by atoms with Gasteiger partial charge in [-0.2, -0.15) is 4.98 Å². The van der Waals surface area contributed by atoms with Gasteiger partial charge in [0.15, 0.2) is 0 Å². The van der Waals surface area contributed by atoms with Gasteiger partial charge in [0, 0.05) is 14.4 Å². The van der Waals surface area contributed by atoms with Gasteiger partial charge in [-0.25, -0.2) is 4.98 Å². The van der Waals surface area contributed by atoms with Gasteiger partial charge in [0.25, 0.3) is 0 Å². The van der Waals surface area contributed by atoms with Crippen LogP contribution in [0.25, 0.3) is 10.2 Å². The van der Waals surface area contributed by atoms with Crippen molar-refractivity contribution in [1.29, 1.82) is 0 Å². The van der Waals surface area contributed by atoms with Gasteiger partial charge in [-0.15, -0.1) is 11.3 Å². The van der Waals surface area contributed by atoms with Crippen molar-refractivity contribution < 1.29 is 0 Å². The quantitative estimate of drug-likeness (QED) is 0.562. The number of nitrogens with one attached hydrogen (secondary N) is 1. The molecule has 7 heteroatoms. The van der Waals surface area contributed by atoms with Gasteiger partial charge in [-0.3, -0.25) is 0 Å². The molecule has 0 atom stereocenters. The standard InChI is InChI=1S/C13H8BrCl2N3S/c1-6-4-8-11(18-13(16)19-12(8)20-6)17-10-5-7(15)2-3-9(10)14/h2-5H,1H3,(H,17,18,19). The minimum Gasteiger partial charge on any atom is -0.339 e. The Morgan fingerprint density at radius 3 is 2.80 bits per heavy atom. The fourth-order valence-electron chi connectivity index (χ4n) is 1.83. The minimum atomic E-state index is 0.222. The maximum Gasteiger partial charge on any atom is 0.225 e. The molecule has 0 saturated heterocycles. The summed E-state index contributed by atoms with van der Waals surface area (Å²) in [5.41, 5.74) is 0.831. The number of thiophene rings is 1. The van der Waals surface area contributed by atoms with Crippen LogP contribution in [-0.2, 0) is 0 Å². The van der Waals surface area contributed by atoms with Crippen LogP contribution in [0.2, 0.25) is 10.3 Å². The van der Waals surface area contributed by atoms with E-state index >= 15 is 0 Å². The predicted molar refractivity (Wildman–Crippen MR) is 89.6 cm³/mol. The summed E-state index contributed by atoms with van der Waals surface area (Å²) in [5, 5.41) is 5.07. The zero-order chi connectivity index (χ0) is 14.3. The molecule has 0 bridgehead atoms. The molecule has 0 radical (unpaired) electrons. The molecule has 0 aliphatic heterocycles. The molecule has 0 spiro atoms. The first-order valence-electron chi connectivity index (χ1n) is 5.69. The minimum absolute atomic E-state index is 0.222. The van der Waals surface area contributed by atoms with Gasteiger partial charge in [-0.1, -0.05) is 11.6 Å². The smallest absolute Gasteiger partial charge is 0.225 e. The lowest BCUT2D eigenvalue weighted by molar-refractivity contribution is 1.23. The number of hydrogen-bond acceptors (Lipinski definition) is 4. The summed E-state index contributed by atoms with van der Waals surface area (Å²) in [6.45, 7) is 2.03. The molecule has 0 aliphatic carbocycles. The number of benzene rings is 1. The number of aromatic nitrogens is 2. The maximum absolute atomic E-state index is 6.02. The average Bonchev–Trinajstić information content (AvgIpc) is 2.74. The van der Waals surface area contributed by atoms with E-state index in [4.69, 9.17) is 23.2 Å². The zero-order valence-electron chi connectivity index (χ0n) is 10.2. The van der Waals surface area contributed by atoms with Gasteiger partial charge in [-0.05, 0) is 58.7 Å². The zero-order valence-corrected chi connectivity index (χ0v) is 14.2. The van der Waals surface area contributed by atoms with Crippen molar-refractivity contribution in [3.05, 3.63) is 43.9 Å². The molecule has 3 rings (SSSR count). The maximum atomic E-state index is 6.02. The first kappa shape index (κ1) is 14.1. The number of nitrogens with zero attached hydrogens (tertiary/aromatic N) is 2. The summed E-state index contributed by atoms with van der Waals surface area (Å²) in [6, 6.07) is 7.56. The second-order valence-corrected chi connectivity index (χ2v) is 7.03. The van der Waals surface area contributed by atoms with E-state index in [2.05, 4.69) is 31.2 Å². The van der Waals surface area contributed by atoms with Gasteiger partial charge in [0.1, 0.15) is 10.6 Å². The highest BCUT2D eigenvalue weighted by Crippen LogP contribution is 2.34. The third-order valence-electron chi connectivity index (χ3n) is 2.67. The third-order valence-corrected chi connectivity index (χ3v) is 4.71. The van der Waals surface area contributed by atoms with Gasteiger partial charge < -0.3 is 5.32 Å². The van der Waals surface area contributed by atoms with E-state index in [0.29, 0.717) is 10.8 Å². The molecule has 2 heterocycles. The molecular weight excluding hydrogens is 381 g/mol. The van der Waals surface area contributed by atoms with Crippen molar-refractivity contribution in [2.45, 2.75) is 6.92 Å². The van der Waals surface area contributed by atoms with E-state index in [1.54, 1.807) is 11.3 Å². The number of rotatable bonds is 2. The fraction of sp³-hybridized carbons (Fsp3) is 0.0769. The molecule has 0 saturated carbocycles. The van der Waals surface area contributed by atoms with Crippen molar-refractivity contribution in [2.75, 3.05) is 5.32 Å². The summed E-state index contributed by atoms with van der Waals surface area (Å²) < 4.78 is 0.900. The monoisotopic (exact) mass is 387 g/mol. The van der Waals surface area contributed by atoms with Crippen LogP contribution in [0, 0.1) is 6.92 Å². The Hall–Kier alpha value is -0.880. The number of halogens is 3. The summed E-state index contributed by atoms with van der Waals surface area (Å²) in [6.07, 6.45) is 0. The molecule has 1 N–H and O–H groups in total. The van der Waals surface area contributed by atoms with E-state index in [1.165, 1.54) is 0 Å². The molecule has 2 aromatic heterocycles. The molecule has 0 amide bonds. The van der Waals surface area contributed by atoms with Gasteiger partial charge in [0.05, 0.1) is 11.1 Å². The van der Waals surface area contributed by atoms with E-state index in [9.17, 15) is 0 Å². The van der Waals surface area contributed by atoms with Crippen molar-refractivity contribution >= 4 is 72.2 Å². The Morgan fingerprint density at radius 1 is 1.20 bits per heavy atom. The Morgan fingerprint density at radius 2 is 2.00 bits per heavy atom. The van der Waals surface area contributed by atoms with E-state index < -0.39 is 0 Å². The first-order valence-corrected chi connectivity index (χ1v) is 8.05. The lowest BCUT2D eigenvalue weighted by atomic mass is 10.3. The fourth-order valence-corrected chi connectivity index (χ4v) is 3.45. The first-order chi connectivity index (χ1) is 9.52. The van der Waals surface area contributed by atoms with Crippen molar-refractivity contribution in [1.82, 2.24) is 9.97 Å². The second kappa shape index (κ2) is 5.48. The molecule has 0 fully saturated rings. The molecule has 0 unspecified atom stereocenters. The molecule has 0 aliphatic rings. The van der Waals surface area contributed by atoms with Crippen LogP contribution >= 0.6 is 50.5 Å². The molecule has 3 nitrogen and oxygen atoms in total. The summed E-state index contributed by atoms with van der Waals surface area (Å²) in [5.74, 6) is 0.673. The molecule has 3 aromatic rings. The van der Waals surface area contributed by atoms with Crippen LogP contribution < -0.4 is 5.32 Å². The van der Waals surface area contributed by atoms with Crippen LogP contribution in [0.15, 0.2) is 28.7 Å². The summed E-state index contributed by atoms with van der Waals surface area (Å²) in [4.78, 5) is 10.5. The largest absolute Gasteiger partial charge is 0.339 e. The normalized spacial score (nSPS) is 11.0. The number of fused-ring (bicyclic) bond motifs is 1. The summed E-state index contributed by atoms with van der Waals surface area (Å²) >= 11 is 17.1. The van der Waals surface area contributed by atoms with Crippen LogP contribution in [0.4, 0.5) is 11.5 Å². The van der Waals surface area contributed by atoms with Gasteiger partial charge >= 0.3 is 0 Å². The van der Waals surface area contributed by atoms with E-state index in [0.717, 1.165) is 25.3 Å².